The van der Waals surface area contributed by atoms with Gasteiger partial charge in [0.05, 0.1) is 13.2 Å². The van der Waals surface area contributed by atoms with Crippen molar-refractivity contribution in [1.82, 2.24) is 19.4 Å². The summed E-state index contributed by atoms with van der Waals surface area (Å²) in [5.41, 5.74) is 1.92. The van der Waals surface area contributed by atoms with E-state index in [4.69, 9.17) is 9.72 Å². The van der Waals surface area contributed by atoms with Crippen molar-refractivity contribution >= 4 is 17.1 Å². The highest BCUT2D eigenvalue weighted by Crippen LogP contribution is 2.22. The first kappa shape index (κ1) is 15.2. The smallest absolute Gasteiger partial charge is 0.207 e. The Morgan fingerprint density at radius 3 is 3.00 bits per heavy atom. The van der Waals surface area contributed by atoms with E-state index in [-0.39, 0.29) is 0 Å². The summed E-state index contributed by atoms with van der Waals surface area (Å²) in [6, 6.07) is 3.98. The molecule has 3 rings (SSSR count). The van der Waals surface area contributed by atoms with Gasteiger partial charge in [0.25, 0.3) is 0 Å². The van der Waals surface area contributed by atoms with Gasteiger partial charge in [-0.25, -0.2) is 9.97 Å². The number of anilines is 1. The summed E-state index contributed by atoms with van der Waals surface area (Å²) in [6.07, 6.45) is 3.00. The van der Waals surface area contributed by atoms with Crippen molar-refractivity contribution in [3.05, 3.63) is 18.3 Å². The van der Waals surface area contributed by atoms with Crippen molar-refractivity contribution in [3.8, 4) is 0 Å². The summed E-state index contributed by atoms with van der Waals surface area (Å²) in [6.45, 7) is 8.52. The van der Waals surface area contributed by atoms with Gasteiger partial charge in [-0.2, -0.15) is 0 Å². The van der Waals surface area contributed by atoms with E-state index < -0.39 is 0 Å². The molecule has 1 fully saturated rings. The molecule has 22 heavy (non-hydrogen) atoms. The lowest BCUT2D eigenvalue weighted by Crippen LogP contribution is -2.31. The fourth-order valence-electron chi connectivity index (χ4n) is 2.94. The van der Waals surface area contributed by atoms with Crippen LogP contribution in [-0.2, 0) is 11.3 Å². The number of fused-ring (bicyclic) bond motifs is 1. The predicted molar refractivity (Wildman–Crippen MR) is 88.3 cm³/mol. The van der Waals surface area contributed by atoms with Crippen molar-refractivity contribution in [2.45, 2.75) is 19.9 Å². The number of rotatable bonds is 5. The topological polar surface area (TPSA) is 46.4 Å². The van der Waals surface area contributed by atoms with E-state index in [9.17, 15) is 0 Å². The lowest BCUT2D eigenvalue weighted by molar-refractivity contribution is 0.140. The van der Waals surface area contributed by atoms with Crippen LogP contribution < -0.4 is 4.90 Å². The normalized spacial score (nSPS) is 17.1. The summed E-state index contributed by atoms with van der Waals surface area (Å²) < 4.78 is 7.74. The minimum absolute atomic E-state index is 0.694. The minimum atomic E-state index is 0.694. The highest BCUT2D eigenvalue weighted by atomic mass is 16.5. The number of pyridine rings is 1. The van der Waals surface area contributed by atoms with Crippen LogP contribution in [0.25, 0.3) is 11.2 Å². The van der Waals surface area contributed by atoms with Crippen LogP contribution >= 0.6 is 0 Å². The highest BCUT2D eigenvalue weighted by molar-refractivity contribution is 5.74. The van der Waals surface area contributed by atoms with Gasteiger partial charge < -0.3 is 14.5 Å². The number of imidazole rings is 1. The average Bonchev–Trinajstić information content (AvgIpc) is 2.75. The summed E-state index contributed by atoms with van der Waals surface area (Å²) in [5.74, 6) is 1.03. The average molecular weight is 303 g/mol. The molecule has 1 aliphatic heterocycles. The fourth-order valence-corrected chi connectivity index (χ4v) is 2.94. The Balaban J connectivity index is 1.91. The van der Waals surface area contributed by atoms with E-state index >= 15 is 0 Å². The lowest BCUT2D eigenvalue weighted by Gasteiger charge is -2.22. The molecule has 0 spiro atoms. The fraction of sp³-hybridized carbons (Fsp3) is 0.625. The van der Waals surface area contributed by atoms with Gasteiger partial charge in [0, 0.05) is 32.4 Å². The largest absolute Gasteiger partial charge is 0.380 e. The Kier molecular flexibility index (Phi) is 4.90. The predicted octanol–water partition coefficient (Wildman–Crippen LogP) is 1.61. The number of aromatic nitrogens is 3. The van der Waals surface area contributed by atoms with E-state index in [0.29, 0.717) is 6.61 Å². The Morgan fingerprint density at radius 2 is 2.14 bits per heavy atom. The molecule has 0 atom stereocenters. The van der Waals surface area contributed by atoms with Crippen molar-refractivity contribution in [2.24, 2.45) is 0 Å². The van der Waals surface area contributed by atoms with Crippen molar-refractivity contribution in [2.75, 3.05) is 51.3 Å². The molecule has 0 aliphatic carbocycles. The number of hydrogen-bond acceptors (Lipinski definition) is 5. The zero-order chi connectivity index (χ0) is 15.4. The molecule has 3 heterocycles. The van der Waals surface area contributed by atoms with Gasteiger partial charge in [0.15, 0.2) is 5.65 Å². The number of likely N-dealkylation sites (N-methyl/N-ethyl adjacent to an activating group) is 1. The molecule has 2 aromatic rings. The third-order valence-corrected chi connectivity index (χ3v) is 4.15. The van der Waals surface area contributed by atoms with E-state index in [1.54, 1.807) is 0 Å². The molecule has 0 bridgehead atoms. The second-order valence-electron chi connectivity index (χ2n) is 5.75. The van der Waals surface area contributed by atoms with Crippen LogP contribution in [-0.4, -0.2) is 65.9 Å². The van der Waals surface area contributed by atoms with Crippen LogP contribution in [0.3, 0.4) is 0 Å². The molecule has 0 unspecified atom stereocenters. The second kappa shape index (κ2) is 7.07. The Labute approximate surface area is 131 Å². The van der Waals surface area contributed by atoms with Crippen LogP contribution in [0.2, 0.25) is 0 Å². The van der Waals surface area contributed by atoms with Gasteiger partial charge in [-0.1, -0.05) is 0 Å². The third-order valence-electron chi connectivity index (χ3n) is 4.15. The van der Waals surface area contributed by atoms with Crippen LogP contribution in [0.4, 0.5) is 5.95 Å². The van der Waals surface area contributed by atoms with Gasteiger partial charge in [-0.05, 0) is 39.1 Å². The van der Waals surface area contributed by atoms with Gasteiger partial charge in [0.2, 0.25) is 5.95 Å². The van der Waals surface area contributed by atoms with Gasteiger partial charge in [-0.3, -0.25) is 4.57 Å². The van der Waals surface area contributed by atoms with Crippen LogP contribution in [0.5, 0.6) is 0 Å². The molecule has 1 aliphatic rings. The molecule has 1 saturated heterocycles. The molecule has 0 saturated carbocycles. The molecular weight excluding hydrogens is 278 g/mol. The third kappa shape index (κ3) is 3.23. The zero-order valence-corrected chi connectivity index (χ0v) is 13.5. The van der Waals surface area contributed by atoms with Gasteiger partial charge >= 0.3 is 0 Å². The Hall–Kier alpha value is -1.66. The standard InChI is InChI=1S/C16H25N5O/c1-3-22-13-12-21-15-14(6-4-7-17-15)18-16(21)20-9-5-8-19(2)10-11-20/h4,6-7H,3,5,8-13H2,1-2H3. The maximum absolute atomic E-state index is 5.54. The first-order valence-corrected chi connectivity index (χ1v) is 8.12. The maximum Gasteiger partial charge on any atom is 0.207 e. The van der Waals surface area contributed by atoms with E-state index in [2.05, 4.69) is 26.4 Å². The molecule has 6 nitrogen and oxygen atoms in total. The van der Waals surface area contributed by atoms with Gasteiger partial charge in [0.1, 0.15) is 5.52 Å². The van der Waals surface area contributed by atoms with E-state index in [0.717, 1.165) is 56.4 Å². The molecule has 2 aromatic heterocycles. The number of nitrogens with zero attached hydrogens (tertiary/aromatic N) is 5. The molecule has 0 radical (unpaired) electrons. The molecular formula is C16H25N5O. The van der Waals surface area contributed by atoms with Crippen molar-refractivity contribution < 1.29 is 4.74 Å². The monoisotopic (exact) mass is 303 g/mol. The van der Waals surface area contributed by atoms with Crippen molar-refractivity contribution in [3.63, 3.8) is 0 Å². The molecule has 120 valence electrons. The number of ether oxygens (including phenoxy) is 1. The van der Waals surface area contributed by atoms with Crippen LogP contribution in [0, 0.1) is 0 Å². The quantitative estimate of drug-likeness (QED) is 0.785. The maximum atomic E-state index is 5.54. The summed E-state index contributed by atoms with van der Waals surface area (Å²) in [4.78, 5) is 14.1. The SMILES string of the molecule is CCOCCn1c(N2CCCN(C)CC2)nc2cccnc21. The van der Waals surface area contributed by atoms with E-state index in [1.165, 1.54) is 6.42 Å². The molecule has 6 heteroatoms. The molecule has 0 amide bonds. The highest BCUT2D eigenvalue weighted by Gasteiger charge is 2.20. The zero-order valence-electron chi connectivity index (χ0n) is 13.5. The van der Waals surface area contributed by atoms with Crippen molar-refractivity contribution in [1.29, 1.82) is 0 Å². The van der Waals surface area contributed by atoms with E-state index in [1.807, 2.05) is 25.3 Å². The minimum Gasteiger partial charge on any atom is -0.380 e. The molecule has 0 aromatic carbocycles. The summed E-state index contributed by atoms with van der Waals surface area (Å²) in [7, 11) is 2.18. The number of hydrogen-bond donors (Lipinski definition) is 0. The molecule has 0 N–H and O–H groups in total. The van der Waals surface area contributed by atoms with Gasteiger partial charge in [-0.15, -0.1) is 0 Å². The van der Waals surface area contributed by atoms with Crippen LogP contribution in [0.1, 0.15) is 13.3 Å². The second-order valence-corrected chi connectivity index (χ2v) is 5.75. The summed E-state index contributed by atoms with van der Waals surface area (Å²) in [5, 5.41) is 0. The Morgan fingerprint density at radius 1 is 1.23 bits per heavy atom. The first-order chi connectivity index (χ1) is 10.8. The van der Waals surface area contributed by atoms with Crippen LogP contribution in [0.15, 0.2) is 18.3 Å². The lowest BCUT2D eigenvalue weighted by atomic mass is 10.4. The Bertz CT molecular complexity index is 612. The first-order valence-electron chi connectivity index (χ1n) is 8.12. The summed E-state index contributed by atoms with van der Waals surface area (Å²) >= 11 is 0.